The summed E-state index contributed by atoms with van der Waals surface area (Å²) in [6.07, 6.45) is 4.28. The molecule has 1 aliphatic heterocycles. The van der Waals surface area contributed by atoms with Crippen LogP contribution < -0.4 is 0 Å². The van der Waals surface area contributed by atoms with Crippen molar-refractivity contribution in [3.63, 3.8) is 0 Å². The molecule has 0 aromatic carbocycles. The van der Waals surface area contributed by atoms with Gasteiger partial charge in [0.25, 0.3) is 0 Å². The van der Waals surface area contributed by atoms with Gasteiger partial charge in [0.2, 0.25) is 0 Å². The number of rotatable bonds is 0. The van der Waals surface area contributed by atoms with Gasteiger partial charge in [-0.1, -0.05) is 6.42 Å². The second-order valence-corrected chi connectivity index (χ2v) is 3.36. The Morgan fingerprint density at radius 3 is 1.64 bits per heavy atom. The fourth-order valence-electron chi connectivity index (χ4n) is 1.05. The Bertz CT molecular complexity index is 100. The summed E-state index contributed by atoms with van der Waals surface area (Å²) in [4.78, 5) is 2.39. The molecule has 1 rings (SSSR count). The highest BCUT2D eigenvalue weighted by Gasteiger charge is 2.02. The van der Waals surface area contributed by atoms with Gasteiger partial charge in [0.15, 0.2) is 0 Å². The lowest BCUT2D eigenvalue weighted by molar-refractivity contribution is 0.277. The number of hydrogen-bond donors (Lipinski definition) is 1. The summed E-state index contributed by atoms with van der Waals surface area (Å²) in [5.41, 5.74) is 0.667. The van der Waals surface area contributed by atoms with E-state index in [9.17, 15) is 0 Å². The standard InChI is InChI=1S/C6H13N.C3H7N/c1-7-5-3-2-4-6-7;1-3(2)4/h2-6H2,1H3;4H,1-2H3. The van der Waals surface area contributed by atoms with Crippen molar-refractivity contribution in [2.75, 3.05) is 20.1 Å². The Hall–Kier alpha value is -0.370. The van der Waals surface area contributed by atoms with Crippen molar-refractivity contribution < 1.29 is 0 Å². The maximum absolute atomic E-state index is 6.50. The average molecular weight is 156 g/mol. The van der Waals surface area contributed by atoms with Gasteiger partial charge in [0, 0.05) is 5.71 Å². The van der Waals surface area contributed by atoms with Gasteiger partial charge in [-0.05, 0) is 46.8 Å². The van der Waals surface area contributed by atoms with E-state index >= 15 is 0 Å². The molecule has 1 N–H and O–H groups in total. The molecule has 0 bridgehead atoms. The van der Waals surface area contributed by atoms with E-state index in [0.717, 1.165) is 0 Å². The van der Waals surface area contributed by atoms with E-state index in [2.05, 4.69) is 11.9 Å². The molecule has 1 aliphatic rings. The highest BCUT2D eigenvalue weighted by molar-refractivity contribution is 5.75. The Morgan fingerprint density at radius 1 is 1.09 bits per heavy atom. The second kappa shape index (κ2) is 6.35. The van der Waals surface area contributed by atoms with E-state index in [1.54, 1.807) is 13.8 Å². The van der Waals surface area contributed by atoms with Crippen molar-refractivity contribution in [1.82, 2.24) is 4.90 Å². The van der Waals surface area contributed by atoms with Crippen molar-refractivity contribution in [3.05, 3.63) is 0 Å². The van der Waals surface area contributed by atoms with Gasteiger partial charge in [-0.3, -0.25) is 0 Å². The zero-order valence-electron chi connectivity index (χ0n) is 7.98. The van der Waals surface area contributed by atoms with Crippen LogP contribution in [0.5, 0.6) is 0 Å². The van der Waals surface area contributed by atoms with Crippen LogP contribution in [0.4, 0.5) is 0 Å². The SMILES string of the molecule is CC(C)=N.CN1CCCCC1. The van der Waals surface area contributed by atoms with Crippen LogP contribution in [-0.2, 0) is 0 Å². The van der Waals surface area contributed by atoms with Gasteiger partial charge in [0.05, 0.1) is 0 Å². The van der Waals surface area contributed by atoms with Gasteiger partial charge in [0.1, 0.15) is 0 Å². The highest BCUT2D eigenvalue weighted by Crippen LogP contribution is 2.04. The summed E-state index contributed by atoms with van der Waals surface area (Å²) in [6.45, 7) is 6.14. The molecule has 11 heavy (non-hydrogen) atoms. The molecule has 0 amide bonds. The fourth-order valence-corrected chi connectivity index (χ4v) is 1.05. The molecule has 0 saturated carbocycles. The smallest absolute Gasteiger partial charge is 0.00272 e. The molecule has 1 fully saturated rings. The van der Waals surface area contributed by atoms with E-state index in [1.165, 1.54) is 32.4 Å². The van der Waals surface area contributed by atoms with Crippen LogP contribution in [-0.4, -0.2) is 30.7 Å². The highest BCUT2D eigenvalue weighted by atomic mass is 15.1. The number of nitrogens with one attached hydrogen (secondary N) is 1. The Kier molecular flexibility index (Phi) is 6.13. The van der Waals surface area contributed by atoms with Crippen molar-refractivity contribution in [1.29, 1.82) is 5.41 Å². The van der Waals surface area contributed by atoms with Crippen LogP contribution in [0.3, 0.4) is 0 Å². The molecule has 0 aliphatic carbocycles. The number of hydrogen-bond acceptors (Lipinski definition) is 2. The lowest BCUT2D eigenvalue weighted by Crippen LogP contribution is -2.24. The van der Waals surface area contributed by atoms with Gasteiger partial charge in [-0.2, -0.15) is 0 Å². The van der Waals surface area contributed by atoms with E-state index in [0.29, 0.717) is 5.71 Å². The number of likely N-dealkylation sites (tertiary alicyclic amines) is 1. The third-order valence-electron chi connectivity index (χ3n) is 1.58. The fraction of sp³-hybridized carbons (Fsp3) is 0.889. The molecule has 0 spiro atoms. The summed E-state index contributed by atoms with van der Waals surface area (Å²) in [5.74, 6) is 0. The predicted molar refractivity (Wildman–Crippen MR) is 50.4 cm³/mol. The zero-order chi connectivity index (χ0) is 8.69. The molecule has 0 radical (unpaired) electrons. The number of piperidine rings is 1. The predicted octanol–water partition coefficient (Wildman–Crippen LogP) is 2.15. The quantitative estimate of drug-likeness (QED) is 0.534. The maximum atomic E-state index is 6.50. The maximum Gasteiger partial charge on any atom is 0.00272 e. The van der Waals surface area contributed by atoms with Gasteiger partial charge >= 0.3 is 0 Å². The van der Waals surface area contributed by atoms with Crippen LogP contribution in [0, 0.1) is 5.41 Å². The normalized spacial score (nSPS) is 18.5. The molecular formula is C9H20N2. The van der Waals surface area contributed by atoms with E-state index in [4.69, 9.17) is 5.41 Å². The van der Waals surface area contributed by atoms with E-state index < -0.39 is 0 Å². The van der Waals surface area contributed by atoms with Crippen LogP contribution in [0.25, 0.3) is 0 Å². The van der Waals surface area contributed by atoms with Crippen molar-refractivity contribution >= 4 is 5.71 Å². The lowest BCUT2D eigenvalue weighted by Gasteiger charge is -2.20. The molecule has 1 saturated heterocycles. The summed E-state index contributed by atoms with van der Waals surface area (Å²) in [7, 11) is 2.19. The van der Waals surface area contributed by atoms with Crippen LogP contribution in [0.15, 0.2) is 0 Å². The van der Waals surface area contributed by atoms with Gasteiger partial charge in [-0.15, -0.1) is 0 Å². The topological polar surface area (TPSA) is 27.1 Å². The van der Waals surface area contributed by atoms with E-state index in [1.807, 2.05) is 0 Å². The van der Waals surface area contributed by atoms with Crippen LogP contribution in [0.2, 0.25) is 0 Å². The third-order valence-corrected chi connectivity index (χ3v) is 1.58. The summed E-state index contributed by atoms with van der Waals surface area (Å²) >= 11 is 0. The first-order chi connectivity index (χ1) is 5.13. The van der Waals surface area contributed by atoms with Crippen LogP contribution >= 0.6 is 0 Å². The molecule has 1 heterocycles. The second-order valence-electron chi connectivity index (χ2n) is 3.36. The lowest BCUT2D eigenvalue weighted by atomic mass is 10.1. The summed E-state index contributed by atoms with van der Waals surface area (Å²) < 4.78 is 0. The molecule has 0 unspecified atom stereocenters. The zero-order valence-corrected chi connectivity index (χ0v) is 7.98. The van der Waals surface area contributed by atoms with E-state index in [-0.39, 0.29) is 0 Å². The third kappa shape index (κ3) is 9.63. The molecule has 66 valence electrons. The monoisotopic (exact) mass is 156 g/mol. The first-order valence-electron chi connectivity index (χ1n) is 4.33. The average Bonchev–Trinajstić information content (AvgIpc) is 1.87. The molecular weight excluding hydrogens is 136 g/mol. The Balaban J connectivity index is 0.000000218. The Morgan fingerprint density at radius 2 is 1.45 bits per heavy atom. The van der Waals surface area contributed by atoms with Gasteiger partial charge < -0.3 is 10.3 Å². The summed E-state index contributed by atoms with van der Waals surface area (Å²) in [5, 5.41) is 6.50. The van der Waals surface area contributed by atoms with Gasteiger partial charge in [-0.25, -0.2) is 0 Å². The first-order valence-corrected chi connectivity index (χ1v) is 4.33. The molecule has 0 aromatic rings. The van der Waals surface area contributed by atoms with Crippen molar-refractivity contribution in [3.8, 4) is 0 Å². The molecule has 2 nitrogen and oxygen atoms in total. The largest absolute Gasteiger partial charge is 0.310 e. The number of nitrogens with zero attached hydrogens (tertiary/aromatic N) is 1. The van der Waals surface area contributed by atoms with Crippen molar-refractivity contribution in [2.45, 2.75) is 33.1 Å². The first kappa shape index (κ1) is 10.6. The molecule has 0 atom stereocenters. The minimum atomic E-state index is 0.667. The minimum absolute atomic E-state index is 0.667. The van der Waals surface area contributed by atoms with Crippen molar-refractivity contribution in [2.24, 2.45) is 0 Å². The molecule has 2 heteroatoms. The Labute approximate surface area is 70.1 Å². The molecule has 0 aromatic heterocycles. The minimum Gasteiger partial charge on any atom is -0.310 e. The summed E-state index contributed by atoms with van der Waals surface area (Å²) in [6, 6.07) is 0. The van der Waals surface area contributed by atoms with Crippen LogP contribution in [0.1, 0.15) is 33.1 Å².